The number of fused-ring (bicyclic) bond motifs is 1. The molecule has 90 valence electrons. The highest BCUT2D eigenvalue weighted by atomic mass is 16.3. The second kappa shape index (κ2) is 5.87. The molecule has 1 N–H and O–H groups in total. The first-order chi connectivity index (χ1) is 8.79. The first-order valence-electron chi connectivity index (χ1n) is 5.95. The molecule has 0 spiro atoms. The van der Waals surface area contributed by atoms with E-state index in [2.05, 4.69) is 43.0 Å². The largest absolute Gasteiger partial charge is 0.508 e. The maximum absolute atomic E-state index is 8.82. The summed E-state index contributed by atoms with van der Waals surface area (Å²) >= 11 is 0. The molecule has 0 bridgehead atoms. The molecule has 0 amide bonds. The molecule has 1 nitrogen and oxygen atoms in total. The number of benzene rings is 2. The fraction of sp³-hybridized carbons (Fsp3) is 0.0588. The third kappa shape index (κ3) is 3.11. The molecule has 1 heteroatoms. The van der Waals surface area contributed by atoms with Gasteiger partial charge in [0.1, 0.15) is 5.75 Å². The van der Waals surface area contributed by atoms with E-state index < -0.39 is 0 Å². The van der Waals surface area contributed by atoms with Crippen molar-refractivity contribution < 1.29 is 5.11 Å². The molecule has 2 aromatic carbocycles. The number of phenolic OH excluding ortho intramolecular Hbond substituents is 1. The average Bonchev–Trinajstić information content (AvgIpc) is 2.89. The lowest BCUT2D eigenvalue weighted by Crippen LogP contribution is -1.76. The fourth-order valence-corrected chi connectivity index (χ4v) is 1.81. The van der Waals surface area contributed by atoms with E-state index in [1.807, 2.05) is 12.1 Å². The lowest BCUT2D eigenvalue weighted by molar-refractivity contribution is 0.475. The second-order valence-corrected chi connectivity index (χ2v) is 4.10. The highest BCUT2D eigenvalue weighted by Crippen LogP contribution is 2.17. The standard InChI is InChI=1S/C9H8.C8H8O/c1-2-5-9-7-3-6-8(9)4-1;1-2-7-3-5-8(9)6-4-7/h1-6H,7H2;2-6,9H,1H2. The van der Waals surface area contributed by atoms with Gasteiger partial charge < -0.3 is 5.11 Å². The number of phenols is 1. The lowest BCUT2D eigenvalue weighted by atomic mass is 10.1. The van der Waals surface area contributed by atoms with Crippen molar-refractivity contribution in [3.8, 4) is 5.75 Å². The summed E-state index contributed by atoms with van der Waals surface area (Å²) in [6.07, 6.45) is 7.23. The minimum atomic E-state index is 0.292. The van der Waals surface area contributed by atoms with Crippen molar-refractivity contribution >= 4 is 12.2 Å². The summed E-state index contributed by atoms with van der Waals surface area (Å²) < 4.78 is 0. The smallest absolute Gasteiger partial charge is 0.115 e. The molecule has 0 aromatic heterocycles. The van der Waals surface area contributed by atoms with Gasteiger partial charge in [-0.05, 0) is 35.2 Å². The van der Waals surface area contributed by atoms with E-state index in [0.717, 1.165) is 12.0 Å². The second-order valence-electron chi connectivity index (χ2n) is 4.10. The third-order valence-corrected chi connectivity index (χ3v) is 2.82. The number of rotatable bonds is 1. The Balaban J connectivity index is 0.000000134. The van der Waals surface area contributed by atoms with E-state index in [9.17, 15) is 0 Å². The number of allylic oxidation sites excluding steroid dienone is 1. The molecular formula is C17H16O. The van der Waals surface area contributed by atoms with Crippen molar-refractivity contribution in [2.75, 3.05) is 0 Å². The van der Waals surface area contributed by atoms with Crippen LogP contribution in [0, 0.1) is 0 Å². The van der Waals surface area contributed by atoms with Gasteiger partial charge in [-0.2, -0.15) is 0 Å². The van der Waals surface area contributed by atoms with Crippen molar-refractivity contribution in [2.45, 2.75) is 6.42 Å². The molecule has 0 saturated heterocycles. The summed E-state index contributed by atoms with van der Waals surface area (Å²) in [5.74, 6) is 0.292. The Labute approximate surface area is 108 Å². The molecule has 0 aliphatic heterocycles. The van der Waals surface area contributed by atoms with Gasteiger partial charge in [-0.25, -0.2) is 0 Å². The van der Waals surface area contributed by atoms with E-state index in [-0.39, 0.29) is 0 Å². The molecule has 3 rings (SSSR count). The molecular weight excluding hydrogens is 220 g/mol. The van der Waals surface area contributed by atoms with Crippen LogP contribution in [0.4, 0.5) is 0 Å². The quantitative estimate of drug-likeness (QED) is 0.783. The van der Waals surface area contributed by atoms with Gasteiger partial charge in [-0.15, -0.1) is 0 Å². The van der Waals surface area contributed by atoms with Crippen molar-refractivity contribution in [1.29, 1.82) is 0 Å². The maximum atomic E-state index is 8.82. The predicted molar refractivity (Wildman–Crippen MR) is 77.4 cm³/mol. The molecule has 0 fully saturated rings. The molecule has 0 atom stereocenters. The van der Waals surface area contributed by atoms with Crippen LogP contribution in [-0.2, 0) is 6.42 Å². The molecule has 1 aliphatic rings. The summed E-state index contributed by atoms with van der Waals surface area (Å²) in [6.45, 7) is 3.58. The highest BCUT2D eigenvalue weighted by Gasteiger charge is 2.00. The first-order valence-corrected chi connectivity index (χ1v) is 5.95. The Hall–Kier alpha value is -2.28. The lowest BCUT2D eigenvalue weighted by Gasteiger charge is -1.93. The first kappa shape index (κ1) is 12.2. The average molecular weight is 236 g/mol. The Bertz CT molecular complexity index is 550. The SMILES string of the molecule is C1=Cc2ccccc2C1.C=Cc1ccc(O)cc1. The van der Waals surface area contributed by atoms with Crippen LogP contribution in [0.15, 0.2) is 61.2 Å². The Morgan fingerprint density at radius 3 is 2.39 bits per heavy atom. The van der Waals surface area contributed by atoms with Gasteiger partial charge >= 0.3 is 0 Å². The molecule has 2 aromatic rings. The molecule has 0 saturated carbocycles. The van der Waals surface area contributed by atoms with Crippen molar-refractivity contribution in [3.05, 3.63) is 77.9 Å². The number of hydrogen-bond donors (Lipinski definition) is 1. The zero-order chi connectivity index (χ0) is 12.8. The maximum Gasteiger partial charge on any atom is 0.115 e. The molecule has 0 radical (unpaired) electrons. The number of aromatic hydroxyl groups is 1. The van der Waals surface area contributed by atoms with Gasteiger partial charge in [0, 0.05) is 0 Å². The van der Waals surface area contributed by atoms with Crippen molar-refractivity contribution in [1.82, 2.24) is 0 Å². The van der Waals surface area contributed by atoms with Crippen LogP contribution in [0.1, 0.15) is 16.7 Å². The van der Waals surface area contributed by atoms with Gasteiger partial charge in [-0.3, -0.25) is 0 Å². The Morgan fingerprint density at radius 2 is 1.72 bits per heavy atom. The van der Waals surface area contributed by atoms with Crippen LogP contribution in [0.25, 0.3) is 12.2 Å². The zero-order valence-electron chi connectivity index (χ0n) is 10.2. The Morgan fingerprint density at radius 1 is 1.00 bits per heavy atom. The molecule has 18 heavy (non-hydrogen) atoms. The zero-order valence-corrected chi connectivity index (χ0v) is 10.2. The molecule has 0 heterocycles. The highest BCUT2D eigenvalue weighted by molar-refractivity contribution is 5.59. The third-order valence-electron chi connectivity index (χ3n) is 2.82. The van der Waals surface area contributed by atoms with Gasteiger partial charge in [-0.1, -0.05) is 61.2 Å². The van der Waals surface area contributed by atoms with Crippen LogP contribution in [0.5, 0.6) is 5.75 Å². The Kier molecular flexibility index (Phi) is 3.98. The minimum Gasteiger partial charge on any atom is -0.508 e. The number of hydrogen-bond acceptors (Lipinski definition) is 1. The van der Waals surface area contributed by atoms with Crippen LogP contribution in [-0.4, -0.2) is 5.11 Å². The van der Waals surface area contributed by atoms with E-state index >= 15 is 0 Å². The monoisotopic (exact) mass is 236 g/mol. The van der Waals surface area contributed by atoms with E-state index in [1.54, 1.807) is 18.2 Å². The van der Waals surface area contributed by atoms with Crippen LogP contribution in [0.2, 0.25) is 0 Å². The summed E-state index contributed by atoms with van der Waals surface area (Å²) in [5.41, 5.74) is 3.86. The minimum absolute atomic E-state index is 0.292. The summed E-state index contributed by atoms with van der Waals surface area (Å²) in [4.78, 5) is 0. The fourth-order valence-electron chi connectivity index (χ4n) is 1.81. The predicted octanol–water partition coefficient (Wildman–Crippen LogP) is 4.29. The van der Waals surface area contributed by atoms with Crippen molar-refractivity contribution in [3.63, 3.8) is 0 Å². The normalized spacial score (nSPS) is 11.3. The summed E-state index contributed by atoms with van der Waals surface area (Å²) in [5, 5.41) is 8.82. The van der Waals surface area contributed by atoms with E-state index in [0.29, 0.717) is 5.75 Å². The molecule has 0 unspecified atom stereocenters. The van der Waals surface area contributed by atoms with Crippen LogP contribution < -0.4 is 0 Å². The van der Waals surface area contributed by atoms with Crippen LogP contribution in [0.3, 0.4) is 0 Å². The van der Waals surface area contributed by atoms with Gasteiger partial charge in [0.15, 0.2) is 0 Å². The van der Waals surface area contributed by atoms with E-state index in [4.69, 9.17) is 5.11 Å². The summed E-state index contributed by atoms with van der Waals surface area (Å²) in [6, 6.07) is 15.4. The topological polar surface area (TPSA) is 20.2 Å². The molecule has 1 aliphatic carbocycles. The van der Waals surface area contributed by atoms with Crippen LogP contribution >= 0.6 is 0 Å². The van der Waals surface area contributed by atoms with Gasteiger partial charge in [0.25, 0.3) is 0 Å². The van der Waals surface area contributed by atoms with Gasteiger partial charge in [0.05, 0.1) is 0 Å². The van der Waals surface area contributed by atoms with Crippen molar-refractivity contribution in [2.24, 2.45) is 0 Å². The van der Waals surface area contributed by atoms with Gasteiger partial charge in [0.2, 0.25) is 0 Å². The summed E-state index contributed by atoms with van der Waals surface area (Å²) in [7, 11) is 0. The van der Waals surface area contributed by atoms with E-state index in [1.165, 1.54) is 11.1 Å².